The maximum Gasteiger partial charge on any atom is 0.166 e. The van der Waals surface area contributed by atoms with Gasteiger partial charge in [-0.15, -0.1) is 0 Å². The van der Waals surface area contributed by atoms with Crippen LogP contribution in [0.25, 0.3) is 16.9 Å². The van der Waals surface area contributed by atoms with Gasteiger partial charge in [-0.3, -0.25) is 4.68 Å². The maximum atomic E-state index is 14.3. The van der Waals surface area contributed by atoms with Crippen LogP contribution in [0.15, 0.2) is 42.7 Å². The van der Waals surface area contributed by atoms with E-state index in [1.807, 2.05) is 23.9 Å². The molecule has 1 aliphatic carbocycles. The van der Waals surface area contributed by atoms with Crippen LogP contribution in [-0.2, 0) is 13.0 Å². The predicted molar refractivity (Wildman–Crippen MR) is 123 cm³/mol. The van der Waals surface area contributed by atoms with Crippen molar-refractivity contribution >= 4 is 5.82 Å². The number of nitrogens with zero attached hydrogens (tertiary/aromatic N) is 5. The summed E-state index contributed by atoms with van der Waals surface area (Å²) in [4.78, 5) is 4.44. The second-order valence-electron chi connectivity index (χ2n) is 8.71. The Kier molecular flexibility index (Phi) is 4.50. The van der Waals surface area contributed by atoms with Crippen molar-refractivity contribution in [1.82, 2.24) is 24.5 Å². The molecule has 2 bridgehead atoms. The zero-order valence-corrected chi connectivity index (χ0v) is 18.6. The standard InChI is InChI=1S/C25H25FN6O/c1-3-31-24-15-11-22(25(27)28-13-15)33-14(2)18-12-16(26)7-8-20(18)32-21(9-10-29-32)17-5-4-6-19(30-31)23(17)24/h7-14,17H,3-6H2,1-2H3,(H2,27,28)/t14-,17?/m1/s1. The quantitative estimate of drug-likeness (QED) is 0.456. The minimum absolute atomic E-state index is 0.112. The summed E-state index contributed by atoms with van der Waals surface area (Å²) in [7, 11) is 0. The van der Waals surface area contributed by atoms with Gasteiger partial charge in [0.05, 0.1) is 22.8 Å². The first-order valence-corrected chi connectivity index (χ1v) is 11.4. The van der Waals surface area contributed by atoms with Crippen LogP contribution in [0, 0.1) is 5.82 Å². The molecule has 0 saturated heterocycles. The summed E-state index contributed by atoms with van der Waals surface area (Å²) >= 11 is 0. The molecule has 7 nitrogen and oxygen atoms in total. The first-order valence-electron chi connectivity index (χ1n) is 11.4. The Hall–Kier alpha value is -3.68. The predicted octanol–water partition coefficient (Wildman–Crippen LogP) is 4.79. The van der Waals surface area contributed by atoms with Gasteiger partial charge in [0.25, 0.3) is 0 Å². The van der Waals surface area contributed by atoms with Crippen LogP contribution >= 0.6 is 0 Å². The highest BCUT2D eigenvalue weighted by molar-refractivity contribution is 5.70. The molecule has 1 unspecified atom stereocenters. The van der Waals surface area contributed by atoms with Gasteiger partial charge in [0.1, 0.15) is 11.9 Å². The van der Waals surface area contributed by atoms with Crippen molar-refractivity contribution in [3.63, 3.8) is 0 Å². The van der Waals surface area contributed by atoms with Crippen molar-refractivity contribution in [1.29, 1.82) is 0 Å². The highest BCUT2D eigenvalue weighted by Crippen LogP contribution is 2.44. The number of hydrogen-bond acceptors (Lipinski definition) is 5. The molecule has 2 aliphatic rings. The molecule has 0 saturated carbocycles. The Morgan fingerprint density at radius 1 is 1.24 bits per heavy atom. The van der Waals surface area contributed by atoms with Gasteiger partial charge in [0, 0.05) is 41.5 Å². The summed E-state index contributed by atoms with van der Waals surface area (Å²) in [5.41, 5.74) is 13.0. The maximum absolute atomic E-state index is 14.3. The molecule has 4 aromatic rings. The smallest absolute Gasteiger partial charge is 0.166 e. The van der Waals surface area contributed by atoms with Gasteiger partial charge in [0.15, 0.2) is 11.6 Å². The topological polar surface area (TPSA) is 83.8 Å². The minimum atomic E-state index is -0.469. The number of anilines is 1. The lowest BCUT2D eigenvalue weighted by Crippen LogP contribution is -2.18. The number of fused-ring (bicyclic) bond motifs is 7. The van der Waals surface area contributed by atoms with E-state index >= 15 is 0 Å². The zero-order valence-electron chi connectivity index (χ0n) is 18.6. The van der Waals surface area contributed by atoms with Crippen LogP contribution in [-0.4, -0.2) is 24.5 Å². The number of nitrogen functional groups attached to an aromatic ring is 1. The van der Waals surface area contributed by atoms with E-state index in [4.69, 9.17) is 15.6 Å². The van der Waals surface area contributed by atoms with Crippen molar-refractivity contribution in [2.75, 3.05) is 5.73 Å². The Labute approximate surface area is 191 Å². The highest BCUT2D eigenvalue weighted by atomic mass is 19.1. The molecule has 4 heterocycles. The number of ether oxygens (including phenoxy) is 1. The number of rotatable bonds is 1. The second-order valence-corrected chi connectivity index (χ2v) is 8.71. The fraction of sp³-hybridized carbons (Fsp3) is 0.320. The SMILES string of the molecule is CCn1nc2c3c1-c1cnc(N)c(c1)O[C@H](C)c1cc(F)ccc1-n1nccc1C3CCC2. The Morgan fingerprint density at radius 2 is 2.12 bits per heavy atom. The van der Waals surface area contributed by atoms with Crippen LogP contribution in [0.2, 0.25) is 0 Å². The molecule has 1 aromatic carbocycles. The Bertz CT molecular complexity index is 1370. The molecule has 8 heteroatoms. The largest absolute Gasteiger partial charge is 0.482 e. The van der Waals surface area contributed by atoms with Crippen molar-refractivity contribution in [3.05, 3.63) is 71.1 Å². The third-order valence-electron chi connectivity index (χ3n) is 6.76. The number of benzene rings is 1. The third kappa shape index (κ3) is 3.04. The zero-order chi connectivity index (χ0) is 22.7. The number of halogens is 1. The van der Waals surface area contributed by atoms with E-state index < -0.39 is 6.10 Å². The van der Waals surface area contributed by atoms with Gasteiger partial charge < -0.3 is 10.5 Å². The lowest BCUT2D eigenvalue weighted by Gasteiger charge is -2.27. The summed E-state index contributed by atoms with van der Waals surface area (Å²) in [5, 5.41) is 9.63. The van der Waals surface area contributed by atoms with Crippen molar-refractivity contribution in [2.24, 2.45) is 0 Å². The van der Waals surface area contributed by atoms with Crippen molar-refractivity contribution in [2.45, 2.75) is 51.7 Å². The van der Waals surface area contributed by atoms with E-state index in [-0.39, 0.29) is 11.7 Å². The molecule has 168 valence electrons. The van der Waals surface area contributed by atoms with Gasteiger partial charge in [-0.25, -0.2) is 14.1 Å². The highest BCUT2D eigenvalue weighted by Gasteiger charge is 2.33. The van der Waals surface area contributed by atoms with E-state index in [2.05, 4.69) is 27.8 Å². The van der Waals surface area contributed by atoms with E-state index in [9.17, 15) is 4.39 Å². The normalized spacial score (nSPS) is 18.9. The van der Waals surface area contributed by atoms with Gasteiger partial charge >= 0.3 is 0 Å². The van der Waals surface area contributed by atoms with Crippen LogP contribution in [0.4, 0.5) is 10.2 Å². The van der Waals surface area contributed by atoms with Crippen LogP contribution in [0.5, 0.6) is 5.75 Å². The lowest BCUT2D eigenvalue weighted by molar-refractivity contribution is 0.226. The molecule has 0 spiro atoms. The molecule has 33 heavy (non-hydrogen) atoms. The minimum Gasteiger partial charge on any atom is -0.482 e. The summed E-state index contributed by atoms with van der Waals surface area (Å²) in [6.07, 6.45) is 6.10. The molecule has 0 amide bonds. The lowest BCUT2D eigenvalue weighted by atomic mass is 9.82. The van der Waals surface area contributed by atoms with Gasteiger partial charge in [-0.05, 0) is 63.4 Å². The molecule has 0 radical (unpaired) electrons. The summed E-state index contributed by atoms with van der Waals surface area (Å²) in [6, 6.07) is 8.74. The number of pyridine rings is 1. The van der Waals surface area contributed by atoms with E-state index in [0.717, 1.165) is 54.1 Å². The number of aryl methyl sites for hydroxylation is 2. The van der Waals surface area contributed by atoms with Gasteiger partial charge in [-0.1, -0.05) is 0 Å². The fourth-order valence-corrected chi connectivity index (χ4v) is 5.28. The average Bonchev–Trinajstić information content (AvgIpc) is 3.44. The second kappa shape index (κ2) is 7.43. The number of hydrogen-bond donors (Lipinski definition) is 1. The van der Waals surface area contributed by atoms with Crippen molar-refractivity contribution < 1.29 is 9.13 Å². The van der Waals surface area contributed by atoms with Gasteiger partial charge in [-0.2, -0.15) is 10.2 Å². The van der Waals surface area contributed by atoms with Crippen LogP contribution in [0.1, 0.15) is 61.2 Å². The Balaban J connectivity index is 1.70. The monoisotopic (exact) mass is 444 g/mol. The fourth-order valence-electron chi connectivity index (χ4n) is 5.28. The van der Waals surface area contributed by atoms with Crippen LogP contribution in [0.3, 0.4) is 0 Å². The molecule has 2 atom stereocenters. The molecular weight excluding hydrogens is 419 g/mol. The third-order valence-corrected chi connectivity index (χ3v) is 6.76. The first-order chi connectivity index (χ1) is 16.0. The Morgan fingerprint density at radius 3 is 2.97 bits per heavy atom. The molecular formula is C25H25FN6O. The molecule has 6 rings (SSSR count). The van der Waals surface area contributed by atoms with Crippen LogP contribution < -0.4 is 10.5 Å². The average molecular weight is 445 g/mol. The molecule has 1 aliphatic heterocycles. The molecule has 2 N–H and O–H groups in total. The number of nitrogens with two attached hydrogens (primary N) is 1. The van der Waals surface area contributed by atoms with E-state index in [1.54, 1.807) is 12.3 Å². The van der Waals surface area contributed by atoms with E-state index in [0.29, 0.717) is 17.1 Å². The molecule has 3 aromatic heterocycles. The molecule has 0 fully saturated rings. The summed E-state index contributed by atoms with van der Waals surface area (Å²) in [5.74, 6) is 0.562. The number of aromatic nitrogens is 5. The summed E-state index contributed by atoms with van der Waals surface area (Å²) in [6.45, 7) is 4.73. The van der Waals surface area contributed by atoms with Crippen molar-refractivity contribution in [3.8, 4) is 22.7 Å². The van der Waals surface area contributed by atoms with Gasteiger partial charge in [0.2, 0.25) is 0 Å². The summed E-state index contributed by atoms with van der Waals surface area (Å²) < 4.78 is 24.6. The first kappa shape index (κ1) is 20.0. The van der Waals surface area contributed by atoms with E-state index in [1.165, 1.54) is 17.7 Å².